The minimum atomic E-state index is -1.05. The number of benzene rings is 1. The Bertz CT molecular complexity index is 607. The Morgan fingerprint density at radius 2 is 2.11 bits per heavy atom. The van der Waals surface area contributed by atoms with Gasteiger partial charge >= 0.3 is 5.97 Å². The molecule has 1 aromatic heterocycles. The van der Waals surface area contributed by atoms with Crippen molar-refractivity contribution in [2.24, 2.45) is 7.05 Å². The minimum absolute atomic E-state index is 0.0771. The normalized spacial score (nSPS) is 10.4. The van der Waals surface area contributed by atoms with Gasteiger partial charge in [-0.1, -0.05) is 12.1 Å². The zero-order valence-corrected chi connectivity index (χ0v) is 11.4. The molecule has 1 aromatic carbocycles. The molecule has 18 heavy (non-hydrogen) atoms. The van der Waals surface area contributed by atoms with Gasteiger partial charge in [-0.05, 0) is 35.0 Å². The smallest absolute Gasteiger partial charge is 0.343 e. The van der Waals surface area contributed by atoms with E-state index in [0.717, 1.165) is 4.47 Å². The summed E-state index contributed by atoms with van der Waals surface area (Å²) in [7, 11) is 1.64. The maximum Gasteiger partial charge on any atom is 0.343 e. The minimum Gasteiger partial charge on any atom is -0.477 e. The second-order valence-corrected chi connectivity index (χ2v) is 4.58. The summed E-state index contributed by atoms with van der Waals surface area (Å²) in [4.78, 5) is 11.2. The summed E-state index contributed by atoms with van der Waals surface area (Å²) in [5.74, 6) is -0.294. The lowest BCUT2D eigenvalue weighted by Gasteiger charge is -2.08. The molecular weight excluding hydrogens is 300 g/mol. The van der Waals surface area contributed by atoms with E-state index in [-0.39, 0.29) is 11.4 Å². The summed E-state index contributed by atoms with van der Waals surface area (Å²) in [5, 5.41) is 13.2. The van der Waals surface area contributed by atoms with Crippen molar-refractivity contribution in [2.45, 2.75) is 6.92 Å². The van der Waals surface area contributed by atoms with Gasteiger partial charge in [0.05, 0.1) is 10.2 Å². The highest BCUT2D eigenvalue weighted by molar-refractivity contribution is 9.10. The molecule has 0 fully saturated rings. The van der Waals surface area contributed by atoms with Gasteiger partial charge in [-0.25, -0.2) is 9.48 Å². The molecule has 2 aromatic rings. The number of hydrogen-bond donors (Lipinski definition) is 1. The van der Waals surface area contributed by atoms with Crippen LogP contribution >= 0.6 is 15.9 Å². The van der Waals surface area contributed by atoms with E-state index in [1.807, 2.05) is 18.2 Å². The molecule has 6 heteroatoms. The highest BCUT2D eigenvalue weighted by Crippen LogP contribution is 2.31. The fraction of sp³-hybridized carbons (Fsp3) is 0.167. The molecule has 0 saturated heterocycles. The lowest BCUT2D eigenvalue weighted by atomic mass is 10.2. The van der Waals surface area contributed by atoms with Crippen LogP contribution in [0, 0.1) is 6.92 Å². The summed E-state index contributed by atoms with van der Waals surface area (Å²) in [6, 6.07) is 7.23. The number of halogens is 1. The van der Waals surface area contributed by atoms with Crippen LogP contribution in [0.3, 0.4) is 0 Å². The fourth-order valence-corrected chi connectivity index (χ4v) is 2.00. The molecule has 0 aliphatic heterocycles. The van der Waals surface area contributed by atoms with Gasteiger partial charge in [0.1, 0.15) is 11.3 Å². The average Bonchev–Trinajstić information content (AvgIpc) is 2.57. The van der Waals surface area contributed by atoms with Gasteiger partial charge < -0.3 is 9.84 Å². The van der Waals surface area contributed by atoms with Gasteiger partial charge in [0, 0.05) is 7.05 Å². The first-order valence-corrected chi connectivity index (χ1v) is 5.99. The molecule has 0 saturated carbocycles. The summed E-state index contributed by atoms with van der Waals surface area (Å²) in [5.41, 5.74) is 0.500. The van der Waals surface area contributed by atoms with Gasteiger partial charge in [0.15, 0.2) is 0 Å². The zero-order chi connectivity index (χ0) is 13.3. The van der Waals surface area contributed by atoms with Crippen molar-refractivity contribution in [3.63, 3.8) is 0 Å². The Hall–Kier alpha value is -1.82. The van der Waals surface area contributed by atoms with E-state index in [1.54, 1.807) is 20.0 Å². The molecule has 0 spiro atoms. The van der Waals surface area contributed by atoms with E-state index in [1.165, 1.54) is 4.68 Å². The Morgan fingerprint density at radius 1 is 1.44 bits per heavy atom. The lowest BCUT2D eigenvalue weighted by molar-refractivity contribution is 0.0693. The van der Waals surface area contributed by atoms with Crippen LogP contribution < -0.4 is 4.74 Å². The largest absolute Gasteiger partial charge is 0.477 e. The molecule has 0 aliphatic carbocycles. The highest BCUT2D eigenvalue weighted by Gasteiger charge is 2.22. The Balaban J connectivity index is 2.47. The van der Waals surface area contributed by atoms with E-state index in [0.29, 0.717) is 11.4 Å². The summed E-state index contributed by atoms with van der Waals surface area (Å²) in [6.45, 7) is 1.64. The van der Waals surface area contributed by atoms with Crippen molar-refractivity contribution < 1.29 is 14.6 Å². The molecule has 0 amide bonds. The van der Waals surface area contributed by atoms with Crippen LogP contribution in [-0.4, -0.2) is 20.9 Å². The fourth-order valence-electron chi connectivity index (χ4n) is 1.63. The first kappa shape index (κ1) is 12.6. The van der Waals surface area contributed by atoms with Gasteiger partial charge in [-0.3, -0.25) is 0 Å². The maximum atomic E-state index is 11.2. The first-order chi connectivity index (χ1) is 8.50. The average molecular weight is 311 g/mol. The van der Waals surface area contributed by atoms with Crippen LogP contribution in [0.25, 0.3) is 0 Å². The number of aromatic nitrogens is 2. The van der Waals surface area contributed by atoms with Crippen LogP contribution in [0.1, 0.15) is 16.1 Å². The predicted molar refractivity (Wildman–Crippen MR) is 69.1 cm³/mol. The molecule has 2 rings (SSSR count). The quantitative estimate of drug-likeness (QED) is 0.946. The van der Waals surface area contributed by atoms with E-state index >= 15 is 0 Å². The summed E-state index contributed by atoms with van der Waals surface area (Å²) >= 11 is 3.34. The number of nitrogens with zero attached hydrogens (tertiary/aromatic N) is 2. The highest BCUT2D eigenvalue weighted by atomic mass is 79.9. The van der Waals surface area contributed by atoms with Crippen LogP contribution in [0.15, 0.2) is 28.7 Å². The Kier molecular flexibility index (Phi) is 3.38. The third kappa shape index (κ3) is 2.24. The number of carbonyl (C=O) groups is 1. The number of aromatic carboxylic acids is 1. The van der Waals surface area contributed by atoms with Crippen molar-refractivity contribution in [3.05, 3.63) is 40.0 Å². The van der Waals surface area contributed by atoms with E-state index < -0.39 is 5.97 Å². The predicted octanol–water partition coefficient (Wildman–Crippen LogP) is 2.98. The van der Waals surface area contributed by atoms with E-state index in [2.05, 4.69) is 21.0 Å². The molecular formula is C12H11BrN2O3. The van der Waals surface area contributed by atoms with Gasteiger partial charge in [-0.15, -0.1) is 0 Å². The number of aryl methyl sites for hydroxylation is 2. The second kappa shape index (κ2) is 4.81. The van der Waals surface area contributed by atoms with Crippen molar-refractivity contribution in [1.82, 2.24) is 9.78 Å². The van der Waals surface area contributed by atoms with Crippen LogP contribution in [0.4, 0.5) is 0 Å². The van der Waals surface area contributed by atoms with Gasteiger partial charge in [-0.2, -0.15) is 5.10 Å². The Labute approximate surface area is 112 Å². The summed E-state index contributed by atoms with van der Waals surface area (Å²) < 4.78 is 7.79. The number of para-hydroxylation sites is 1. The zero-order valence-electron chi connectivity index (χ0n) is 9.85. The number of ether oxygens (including phenoxy) is 1. The molecule has 0 unspecified atom stereocenters. The van der Waals surface area contributed by atoms with E-state index in [4.69, 9.17) is 9.84 Å². The molecule has 0 atom stereocenters. The standard InChI is InChI=1S/C12H11BrN2O3/c1-7-10(12(16)17)11(15(2)14-7)18-9-6-4-3-5-8(9)13/h3-6H,1-2H3,(H,16,17). The molecule has 1 heterocycles. The third-order valence-corrected chi connectivity index (χ3v) is 3.08. The Morgan fingerprint density at radius 3 is 2.72 bits per heavy atom. The number of hydrogen-bond acceptors (Lipinski definition) is 3. The van der Waals surface area contributed by atoms with Crippen LogP contribution in [0.5, 0.6) is 11.6 Å². The van der Waals surface area contributed by atoms with Crippen molar-refractivity contribution >= 4 is 21.9 Å². The molecule has 5 nitrogen and oxygen atoms in total. The molecule has 0 aliphatic rings. The lowest BCUT2D eigenvalue weighted by Crippen LogP contribution is -2.02. The molecule has 94 valence electrons. The number of rotatable bonds is 3. The number of carboxylic acid groups (broad SMARTS) is 1. The van der Waals surface area contributed by atoms with Crippen LogP contribution in [-0.2, 0) is 7.05 Å². The van der Waals surface area contributed by atoms with Crippen molar-refractivity contribution in [3.8, 4) is 11.6 Å². The SMILES string of the molecule is Cc1nn(C)c(Oc2ccccc2Br)c1C(=O)O. The van der Waals surface area contributed by atoms with Gasteiger partial charge in [0.2, 0.25) is 5.88 Å². The van der Waals surface area contributed by atoms with Gasteiger partial charge in [0.25, 0.3) is 0 Å². The summed E-state index contributed by atoms with van der Waals surface area (Å²) in [6.07, 6.45) is 0. The van der Waals surface area contributed by atoms with E-state index in [9.17, 15) is 4.79 Å². The topological polar surface area (TPSA) is 64.4 Å². The molecule has 0 radical (unpaired) electrons. The van der Waals surface area contributed by atoms with Crippen molar-refractivity contribution in [1.29, 1.82) is 0 Å². The second-order valence-electron chi connectivity index (χ2n) is 3.73. The van der Waals surface area contributed by atoms with Crippen LogP contribution in [0.2, 0.25) is 0 Å². The molecule has 0 bridgehead atoms. The van der Waals surface area contributed by atoms with Crippen molar-refractivity contribution in [2.75, 3.05) is 0 Å². The monoisotopic (exact) mass is 310 g/mol. The first-order valence-electron chi connectivity index (χ1n) is 5.20. The number of carboxylic acids is 1. The molecule has 1 N–H and O–H groups in total. The third-order valence-electron chi connectivity index (χ3n) is 2.43. The maximum absolute atomic E-state index is 11.2.